The van der Waals surface area contributed by atoms with E-state index < -0.39 is 32.9 Å². The van der Waals surface area contributed by atoms with E-state index in [0.717, 1.165) is 0 Å². The number of nitrogens with zero attached hydrogens (tertiary/aromatic N) is 2. The molecule has 14 heavy (non-hydrogen) atoms. The van der Waals surface area contributed by atoms with Crippen LogP contribution in [0.5, 0.6) is 0 Å². The van der Waals surface area contributed by atoms with Gasteiger partial charge in [-0.1, -0.05) is 0 Å². The lowest BCUT2D eigenvalue weighted by Crippen LogP contribution is -2.01. The minimum atomic E-state index is -1.83. The first kappa shape index (κ1) is 9.96. The van der Waals surface area contributed by atoms with Crippen LogP contribution in [-0.4, -0.2) is 9.85 Å². The van der Waals surface area contributed by atoms with Gasteiger partial charge < -0.3 is 0 Å². The predicted octanol–water partition coefficient (Wildman–Crippen LogP) is 1.78. The number of benzene rings is 1. The molecule has 0 radical (unpaired) electrons. The van der Waals surface area contributed by atoms with Crippen LogP contribution in [0.2, 0.25) is 0 Å². The molecule has 74 valence electrons. The Morgan fingerprint density at radius 1 is 1.07 bits per heavy atom. The molecule has 0 fully saturated rings. The second kappa shape index (κ2) is 3.32. The van der Waals surface area contributed by atoms with Gasteiger partial charge >= 0.3 is 11.4 Å². The highest BCUT2D eigenvalue weighted by Crippen LogP contribution is 2.30. The fourth-order valence-corrected chi connectivity index (χ4v) is 0.851. The smallest absolute Gasteiger partial charge is 0.258 e. The molecule has 0 aliphatic carbocycles. The molecule has 0 N–H and O–H groups in total. The molecule has 1 aromatic carbocycles. The van der Waals surface area contributed by atoms with E-state index in [1.165, 1.54) is 0 Å². The van der Waals surface area contributed by atoms with E-state index in [2.05, 4.69) is 0 Å². The summed E-state index contributed by atoms with van der Waals surface area (Å²) in [6.45, 7) is 0. The lowest BCUT2D eigenvalue weighted by molar-refractivity contribution is -0.424. The largest absolute Gasteiger partial charge is 0.384 e. The maximum absolute atomic E-state index is 12.8. The Bertz CT molecular complexity index is 421. The van der Waals surface area contributed by atoms with Gasteiger partial charge in [-0.3, -0.25) is 20.2 Å². The third kappa shape index (κ3) is 1.49. The standard InChI is InChI=1S/C6H2F2N2O4/c7-3-1-2-4(9(11)12)6(5(3)8)10(13)14/h1-2H. The van der Waals surface area contributed by atoms with Crippen molar-refractivity contribution < 1.29 is 18.6 Å². The van der Waals surface area contributed by atoms with Gasteiger partial charge in [-0.2, -0.15) is 4.39 Å². The third-order valence-corrected chi connectivity index (χ3v) is 1.43. The van der Waals surface area contributed by atoms with Crippen LogP contribution in [0.25, 0.3) is 0 Å². The van der Waals surface area contributed by atoms with Crippen molar-refractivity contribution >= 4 is 11.4 Å². The highest BCUT2D eigenvalue weighted by Gasteiger charge is 2.31. The number of nitro groups is 2. The summed E-state index contributed by atoms with van der Waals surface area (Å²) in [5, 5.41) is 20.4. The van der Waals surface area contributed by atoms with Gasteiger partial charge in [0.15, 0.2) is 5.82 Å². The predicted molar refractivity (Wildman–Crippen MR) is 39.7 cm³/mol. The Kier molecular flexibility index (Phi) is 2.36. The first-order valence-electron chi connectivity index (χ1n) is 3.22. The molecule has 0 atom stereocenters. The third-order valence-electron chi connectivity index (χ3n) is 1.43. The molecule has 0 aliphatic heterocycles. The van der Waals surface area contributed by atoms with Gasteiger partial charge in [0.25, 0.3) is 0 Å². The van der Waals surface area contributed by atoms with Crippen molar-refractivity contribution in [2.75, 3.05) is 0 Å². The Balaban J connectivity index is 3.53. The fourth-order valence-electron chi connectivity index (χ4n) is 0.851. The molecular formula is C6H2F2N2O4. The zero-order valence-corrected chi connectivity index (χ0v) is 6.44. The van der Waals surface area contributed by atoms with E-state index >= 15 is 0 Å². The normalized spacial score (nSPS) is 9.86. The van der Waals surface area contributed by atoms with Crippen LogP contribution in [0.4, 0.5) is 20.2 Å². The van der Waals surface area contributed by atoms with Crippen molar-refractivity contribution in [2.24, 2.45) is 0 Å². The van der Waals surface area contributed by atoms with Crippen LogP contribution >= 0.6 is 0 Å². The van der Waals surface area contributed by atoms with Crippen molar-refractivity contribution in [3.8, 4) is 0 Å². The van der Waals surface area contributed by atoms with Gasteiger partial charge in [-0.25, -0.2) is 4.39 Å². The van der Waals surface area contributed by atoms with Crippen molar-refractivity contribution in [1.29, 1.82) is 0 Å². The van der Waals surface area contributed by atoms with Crippen molar-refractivity contribution in [3.05, 3.63) is 44.0 Å². The number of hydrogen-bond donors (Lipinski definition) is 0. The summed E-state index contributed by atoms with van der Waals surface area (Å²) in [7, 11) is 0. The summed E-state index contributed by atoms with van der Waals surface area (Å²) < 4.78 is 25.2. The summed E-state index contributed by atoms with van der Waals surface area (Å²) >= 11 is 0. The highest BCUT2D eigenvalue weighted by atomic mass is 19.2. The molecule has 0 saturated heterocycles. The summed E-state index contributed by atoms with van der Waals surface area (Å²) in [6.07, 6.45) is 0. The molecule has 0 unspecified atom stereocenters. The van der Waals surface area contributed by atoms with Gasteiger partial charge in [0.05, 0.1) is 9.85 Å². The molecule has 0 heterocycles. The monoisotopic (exact) mass is 204 g/mol. The zero-order valence-electron chi connectivity index (χ0n) is 6.44. The average Bonchev–Trinajstić information content (AvgIpc) is 2.08. The number of nitro benzene ring substituents is 2. The lowest BCUT2D eigenvalue weighted by Gasteiger charge is -1.96. The first-order chi connectivity index (χ1) is 6.45. The molecule has 0 aromatic heterocycles. The summed E-state index contributed by atoms with van der Waals surface area (Å²) in [6, 6.07) is 0.997. The Labute approximate surface area is 75.1 Å². The van der Waals surface area contributed by atoms with Crippen LogP contribution in [0, 0.1) is 31.9 Å². The van der Waals surface area contributed by atoms with Crippen molar-refractivity contribution in [2.45, 2.75) is 0 Å². The van der Waals surface area contributed by atoms with E-state index in [1.807, 2.05) is 0 Å². The summed E-state index contributed by atoms with van der Waals surface area (Å²) in [4.78, 5) is 17.9. The second-order valence-corrected chi connectivity index (χ2v) is 2.24. The minimum Gasteiger partial charge on any atom is -0.258 e. The molecule has 8 heteroatoms. The Hall–Kier alpha value is -2.12. The van der Waals surface area contributed by atoms with E-state index in [4.69, 9.17) is 0 Å². The van der Waals surface area contributed by atoms with Crippen molar-refractivity contribution in [3.63, 3.8) is 0 Å². The fraction of sp³-hybridized carbons (Fsp3) is 0. The van der Waals surface area contributed by atoms with Gasteiger partial charge in [0.1, 0.15) is 0 Å². The maximum atomic E-state index is 12.8. The Morgan fingerprint density at radius 3 is 2.07 bits per heavy atom. The lowest BCUT2D eigenvalue weighted by atomic mass is 10.2. The minimum absolute atomic E-state index is 0.459. The van der Waals surface area contributed by atoms with Gasteiger partial charge in [-0.15, -0.1) is 0 Å². The highest BCUT2D eigenvalue weighted by molar-refractivity contribution is 5.53. The summed E-state index contributed by atoms with van der Waals surface area (Å²) in [5.74, 6) is -3.33. The average molecular weight is 204 g/mol. The molecule has 0 aliphatic rings. The quantitative estimate of drug-likeness (QED) is 0.542. The van der Waals surface area contributed by atoms with Crippen LogP contribution in [0.15, 0.2) is 12.1 Å². The molecule has 0 bridgehead atoms. The number of halogens is 2. The van der Waals surface area contributed by atoms with Crippen molar-refractivity contribution in [1.82, 2.24) is 0 Å². The Morgan fingerprint density at radius 2 is 1.64 bits per heavy atom. The topological polar surface area (TPSA) is 86.3 Å². The second-order valence-electron chi connectivity index (χ2n) is 2.24. The molecule has 0 amide bonds. The zero-order chi connectivity index (χ0) is 10.9. The molecule has 1 rings (SSSR count). The molecule has 0 saturated carbocycles. The number of rotatable bonds is 2. The summed E-state index contributed by atoms with van der Waals surface area (Å²) in [5.41, 5.74) is -2.54. The van der Waals surface area contributed by atoms with E-state index in [0.29, 0.717) is 12.1 Å². The van der Waals surface area contributed by atoms with E-state index in [-0.39, 0.29) is 0 Å². The van der Waals surface area contributed by atoms with E-state index in [9.17, 15) is 29.0 Å². The van der Waals surface area contributed by atoms with Gasteiger partial charge in [0, 0.05) is 6.07 Å². The molecule has 0 spiro atoms. The van der Waals surface area contributed by atoms with E-state index in [1.54, 1.807) is 0 Å². The molecular weight excluding hydrogens is 202 g/mol. The molecule has 1 aromatic rings. The van der Waals surface area contributed by atoms with Crippen LogP contribution in [-0.2, 0) is 0 Å². The SMILES string of the molecule is O=[N+]([O-])c1ccc(F)c(F)c1[N+](=O)[O-]. The first-order valence-corrected chi connectivity index (χ1v) is 3.22. The number of hydrogen-bond acceptors (Lipinski definition) is 4. The van der Waals surface area contributed by atoms with Gasteiger partial charge in [-0.05, 0) is 6.07 Å². The van der Waals surface area contributed by atoms with Gasteiger partial charge in [0.2, 0.25) is 5.82 Å². The van der Waals surface area contributed by atoms with Crippen LogP contribution < -0.4 is 0 Å². The van der Waals surface area contributed by atoms with Crippen LogP contribution in [0.1, 0.15) is 0 Å². The molecule has 6 nitrogen and oxygen atoms in total. The van der Waals surface area contributed by atoms with Crippen LogP contribution in [0.3, 0.4) is 0 Å². The maximum Gasteiger partial charge on any atom is 0.384 e.